The van der Waals surface area contributed by atoms with Crippen LogP contribution >= 0.6 is 0 Å². The predicted molar refractivity (Wildman–Crippen MR) is 63.4 cm³/mol. The molecule has 0 amide bonds. The van der Waals surface area contributed by atoms with Crippen LogP contribution < -0.4 is 0 Å². The number of hydrogen-bond acceptors (Lipinski definition) is 3. The molecule has 2 saturated heterocycles. The molecule has 0 radical (unpaired) electrons. The number of ether oxygens (including phenoxy) is 1. The van der Waals surface area contributed by atoms with Crippen LogP contribution in [0.15, 0.2) is 11.6 Å². The topological polar surface area (TPSA) is 29.5 Å². The lowest BCUT2D eigenvalue weighted by Gasteiger charge is -2.38. The van der Waals surface area contributed by atoms with Crippen LogP contribution in [0, 0.1) is 5.92 Å². The first kappa shape index (κ1) is 10.1. The molecule has 17 heavy (non-hydrogen) atoms. The Morgan fingerprint density at radius 1 is 1.47 bits per heavy atom. The number of fused-ring (bicyclic) bond motifs is 3. The zero-order valence-electron chi connectivity index (χ0n) is 10.3. The highest BCUT2D eigenvalue weighted by molar-refractivity contribution is 5.87. The van der Waals surface area contributed by atoms with Crippen molar-refractivity contribution in [2.75, 3.05) is 6.54 Å². The summed E-state index contributed by atoms with van der Waals surface area (Å²) in [4.78, 5) is 14.3. The normalized spacial score (nSPS) is 48.4. The molecule has 4 aliphatic rings. The SMILES string of the molecule is CC1CC2=CC(=O)OC23CC1N1CCCCC13. The van der Waals surface area contributed by atoms with E-state index in [0.29, 0.717) is 18.0 Å². The summed E-state index contributed by atoms with van der Waals surface area (Å²) in [6.45, 7) is 3.53. The van der Waals surface area contributed by atoms with Gasteiger partial charge >= 0.3 is 5.97 Å². The van der Waals surface area contributed by atoms with Gasteiger partial charge in [0.2, 0.25) is 0 Å². The lowest BCUT2D eigenvalue weighted by atomic mass is 9.74. The smallest absolute Gasteiger partial charge is 0.331 e. The van der Waals surface area contributed by atoms with Crippen molar-refractivity contribution in [3.05, 3.63) is 11.6 Å². The van der Waals surface area contributed by atoms with E-state index in [2.05, 4.69) is 11.8 Å². The summed E-state index contributed by atoms with van der Waals surface area (Å²) in [5.41, 5.74) is 1.08. The van der Waals surface area contributed by atoms with Gasteiger partial charge in [-0.3, -0.25) is 4.90 Å². The van der Waals surface area contributed by atoms with Gasteiger partial charge in [0.05, 0.1) is 6.04 Å². The summed E-state index contributed by atoms with van der Waals surface area (Å²) in [6, 6.07) is 1.12. The van der Waals surface area contributed by atoms with Crippen molar-refractivity contribution < 1.29 is 9.53 Å². The molecule has 1 saturated carbocycles. The van der Waals surface area contributed by atoms with E-state index >= 15 is 0 Å². The third kappa shape index (κ3) is 1.13. The fraction of sp³-hybridized carbons (Fsp3) is 0.786. The van der Waals surface area contributed by atoms with Gasteiger partial charge in [0, 0.05) is 18.5 Å². The van der Waals surface area contributed by atoms with E-state index in [1.54, 1.807) is 6.08 Å². The molecule has 0 aromatic carbocycles. The number of hydrogen-bond donors (Lipinski definition) is 0. The summed E-state index contributed by atoms with van der Waals surface area (Å²) in [5, 5.41) is 0. The van der Waals surface area contributed by atoms with Gasteiger partial charge in [-0.05, 0) is 37.3 Å². The zero-order chi connectivity index (χ0) is 11.6. The first-order valence-corrected chi connectivity index (χ1v) is 6.90. The Morgan fingerprint density at radius 2 is 2.35 bits per heavy atom. The minimum atomic E-state index is -0.214. The molecule has 4 rings (SSSR count). The summed E-state index contributed by atoms with van der Waals surface area (Å²) in [6.07, 6.45) is 7.69. The average Bonchev–Trinajstić information content (AvgIpc) is 2.79. The Bertz CT molecular complexity index is 416. The van der Waals surface area contributed by atoms with E-state index in [4.69, 9.17) is 4.74 Å². The van der Waals surface area contributed by atoms with Gasteiger partial charge in [0.15, 0.2) is 5.60 Å². The van der Waals surface area contributed by atoms with Crippen LogP contribution in [0.25, 0.3) is 0 Å². The molecule has 0 aromatic rings. The van der Waals surface area contributed by atoms with Crippen LogP contribution in [0.4, 0.5) is 0 Å². The second kappa shape index (κ2) is 3.14. The van der Waals surface area contributed by atoms with Crippen molar-refractivity contribution in [1.82, 2.24) is 4.90 Å². The summed E-state index contributed by atoms with van der Waals surface area (Å²) in [7, 11) is 0. The third-order valence-corrected chi connectivity index (χ3v) is 5.34. The third-order valence-electron chi connectivity index (χ3n) is 5.34. The highest BCUT2D eigenvalue weighted by Crippen LogP contribution is 2.55. The monoisotopic (exact) mass is 233 g/mol. The fourth-order valence-electron chi connectivity index (χ4n) is 4.65. The van der Waals surface area contributed by atoms with Crippen molar-refractivity contribution in [1.29, 1.82) is 0 Å². The molecular weight excluding hydrogens is 214 g/mol. The Balaban J connectivity index is 1.81. The number of rotatable bonds is 0. The van der Waals surface area contributed by atoms with Crippen LogP contribution in [0.5, 0.6) is 0 Å². The molecular formula is C14H19NO2. The average molecular weight is 233 g/mol. The van der Waals surface area contributed by atoms with E-state index in [-0.39, 0.29) is 11.6 Å². The highest BCUT2D eigenvalue weighted by Gasteiger charge is 2.62. The maximum absolute atomic E-state index is 11.7. The quantitative estimate of drug-likeness (QED) is 0.598. The lowest BCUT2D eigenvalue weighted by molar-refractivity contribution is -0.148. The van der Waals surface area contributed by atoms with E-state index in [1.165, 1.54) is 31.4 Å². The minimum Gasteiger partial charge on any atom is -0.450 e. The number of esters is 1. The van der Waals surface area contributed by atoms with Crippen LogP contribution in [-0.2, 0) is 9.53 Å². The lowest BCUT2D eigenvalue weighted by Crippen LogP contribution is -2.48. The standard InChI is InChI=1S/C14H19NO2/c1-9-6-10-7-13(16)17-14(10)8-11(9)15-5-3-2-4-12(14)15/h7,9,11-12H,2-6,8H2,1H3. The molecule has 3 fully saturated rings. The maximum Gasteiger partial charge on any atom is 0.331 e. The summed E-state index contributed by atoms with van der Waals surface area (Å²) in [5.74, 6) is 0.576. The van der Waals surface area contributed by atoms with Gasteiger partial charge in [-0.15, -0.1) is 0 Å². The largest absolute Gasteiger partial charge is 0.450 e. The molecule has 4 unspecified atom stereocenters. The molecule has 4 atom stereocenters. The van der Waals surface area contributed by atoms with Crippen LogP contribution in [0.2, 0.25) is 0 Å². The van der Waals surface area contributed by atoms with Crippen molar-refractivity contribution in [3.8, 4) is 0 Å². The molecule has 1 aliphatic carbocycles. The van der Waals surface area contributed by atoms with Crippen molar-refractivity contribution in [2.45, 2.75) is 56.7 Å². The predicted octanol–water partition coefficient (Wildman–Crippen LogP) is 1.88. The van der Waals surface area contributed by atoms with Crippen LogP contribution in [0.3, 0.4) is 0 Å². The Morgan fingerprint density at radius 3 is 3.24 bits per heavy atom. The Labute approximate surface area is 102 Å². The highest BCUT2D eigenvalue weighted by atomic mass is 16.6. The van der Waals surface area contributed by atoms with Gasteiger partial charge in [0.25, 0.3) is 0 Å². The Hall–Kier alpha value is -0.830. The number of nitrogens with zero attached hydrogens (tertiary/aromatic N) is 1. The van der Waals surface area contributed by atoms with Gasteiger partial charge in [-0.25, -0.2) is 4.79 Å². The number of piperidine rings is 1. The molecule has 0 aromatic heterocycles. The molecule has 92 valence electrons. The van der Waals surface area contributed by atoms with E-state index in [0.717, 1.165) is 12.8 Å². The van der Waals surface area contributed by atoms with Gasteiger partial charge in [-0.1, -0.05) is 13.3 Å². The molecule has 3 heterocycles. The van der Waals surface area contributed by atoms with Gasteiger partial charge < -0.3 is 4.74 Å². The van der Waals surface area contributed by atoms with Crippen molar-refractivity contribution in [2.24, 2.45) is 5.92 Å². The molecule has 1 spiro atoms. The van der Waals surface area contributed by atoms with Crippen molar-refractivity contribution in [3.63, 3.8) is 0 Å². The zero-order valence-corrected chi connectivity index (χ0v) is 10.3. The molecule has 3 nitrogen and oxygen atoms in total. The second-order valence-corrected chi connectivity index (χ2v) is 6.18. The maximum atomic E-state index is 11.7. The summed E-state index contributed by atoms with van der Waals surface area (Å²) >= 11 is 0. The second-order valence-electron chi connectivity index (χ2n) is 6.18. The first-order valence-electron chi connectivity index (χ1n) is 6.90. The first-order chi connectivity index (χ1) is 8.21. The van der Waals surface area contributed by atoms with Gasteiger partial charge in [0.1, 0.15) is 0 Å². The van der Waals surface area contributed by atoms with E-state index in [9.17, 15) is 4.79 Å². The van der Waals surface area contributed by atoms with E-state index < -0.39 is 0 Å². The number of carbonyl (C=O) groups is 1. The molecule has 3 heteroatoms. The molecule has 0 N–H and O–H groups in total. The minimum absolute atomic E-state index is 0.0970. The summed E-state index contributed by atoms with van der Waals surface area (Å²) < 4.78 is 5.79. The van der Waals surface area contributed by atoms with Gasteiger partial charge in [-0.2, -0.15) is 0 Å². The van der Waals surface area contributed by atoms with Crippen LogP contribution in [-0.4, -0.2) is 35.1 Å². The van der Waals surface area contributed by atoms with E-state index in [1.807, 2.05) is 0 Å². The number of carbonyl (C=O) groups excluding carboxylic acids is 1. The molecule has 2 bridgehead atoms. The van der Waals surface area contributed by atoms with Crippen LogP contribution in [0.1, 0.15) is 39.0 Å². The Kier molecular flexibility index (Phi) is 1.87. The molecule has 3 aliphatic heterocycles. The van der Waals surface area contributed by atoms with Crippen molar-refractivity contribution >= 4 is 5.97 Å². The fourth-order valence-corrected chi connectivity index (χ4v) is 4.65.